The second-order valence-corrected chi connectivity index (χ2v) is 7.94. The summed E-state index contributed by atoms with van der Waals surface area (Å²) in [5.74, 6) is 0.689. The van der Waals surface area contributed by atoms with Crippen LogP contribution in [0.1, 0.15) is 42.9 Å². The summed E-state index contributed by atoms with van der Waals surface area (Å²) in [4.78, 5) is 0. The van der Waals surface area contributed by atoms with Gasteiger partial charge in [-0.25, -0.2) is 4.28 Å². The Morgan fingerprint density at radius 2 is 1.54 bits per heavy atom. The quantitative estimate of drug-likeness (QED) is 0.371. The zero-order valence-electron chi connectivity index (χ0n) is 14.9. The van der Waals surface area contributed by atoms with Crippen molar-refractivity contribution in [2.75, 3.05) is 5.48 Å². The third kappa shape index (κ3) is 4.22. The lowest BCUT2D eigenvalue weighted by Crippen LogP contribution is -2.15. The van der Waals surface area contributed by atoms with Crippen molar-refractivity contribution in [2.24, 2.45) is 5.92 Å². The summed E-state index contributed by atoms with van der Waals surface area (Å²) in [6.07, 6.45) is 6.65. The molecule has 0 saturated heterocycles. The molecule has 0 spiro atoms. The number of rotatable bonds is 6. The lowest BCUT2D eigenvalue weighted by Gasteiger charge is -2.29. The molecule has 1 saturated carbocycles. The fraction of sp³-hybridized carbons (Fsp3) is 0.304. The number of anilines is 1. The van der Waals surface area contributed by atoms with Crippen molar-refractivity contribution in [3.8, 4) is 0 Å². The van der Waals surface area contributed by atoms with Gasteiger partial charge in [0.25, 0.3) is 0 Å². The predicted molar refractivity (Wildman–Crippen MR) is 112 cm³/mol. The van der Waals surface area contributed by atoms with Crippen LogP contribution in [0.25, 0.3) is 10.8 Å². The van der Waals surface area contributed by atoms with Crippen molar-refractivity contribution < 1.29 is 4.28 Å². The van der Waals surface area contributed by atoms with Crippen LogP contribution < -0.4 is 5.48 Å². The first kappa shape index (κ1) is 17.4. The smallest absolute Gasteiger partial charge is 0.0623 e. The van der Waals surface area contributed by atoms with Crippen molar-refractivity contribution in [1.82, 2.24) is 0 Å². The molecule has 0 heterocycles. The largest absolute Gasteiger partial charge is 0.254 e. The normalized spacial score (nSPS) is 16.5. The molecule has 0 aliphatic heterocycles. The van der Waals surface area contributed by atoms with E-state index < -0.39 is 0 Å². The van der Waals surface area contributed by atoms with Crippen LogP contribution in [0.2, 0.25) is 0 Å². The lowest BCUT2D eigenvalue weighted by atomic mass is 9.84. The van der Waals surface area contributed by atoms with E-state index in [1.807, 2.05) is 0 Å². The van der Waals surface area contributed by atoms with Crippen LogP contribution in [0.15, 0.2) is 72.8 Å². The Hall–Kier alpha value is -1.97. The van der Waals surface area contributed by atoms with Gasteiger partial charge in [0.15, 0.2) is 0 Å². The molecule has 1 unspecified atom stereocenters. The highest BCUT2D eigenvalue weighted by molar-refractivity contribution is 7.94. The fourth-order valence-electron chi connectivity index (χ4n) is 3.86. The van der Waals surface area contributed by atoms with Gasteiger partial charge in [0.05, 0.1) is 10.9 Å². The van der Waals surface area contributed by atoms with Crippen LogP contribution in [0.5, 0.6) is 0 Å². The molecule has 0 bridgehead atoms. The number of fused-ring (bicyclic) bond motifs is 1. The van der Waals surface area contributed by atoms with Crippen LogP contribution >= 0.6 is 12.0 Å². The van der Waals surface area contributed by atoms with Crippen molar-refractivity contribution in [3.05, 3.63) is 78.4 Å². The van der Waals surface area contributed by atoms with E-state index in [-0.39, 0.29) is 0 Å². The Bertz CT molecular complexity index is 830. The summed E-state index contributed by atoms with van der Waals surface area (Å²) < 4.78 is 5.91. The maximum Gasteiger partial charge on any atom is 0.0623 e. The average Bonchev–Trinajstić information content (AvgIpc) is 2.72. The maximum atomic E-state index is 5.91. The lowest BCUT2D eigenvalue weighted by molar-refractivity contribution is 0.342. The van der Waals surface area contributed by atoms with E-state index in [9.17, 15) is 0 Å². The van der Waals surface area contributed by atoms with Gasteiger partial charge in [-0.2, -0.15) is 0 Å². The molecule has 26 heavy (non-hydrogen) atoms. The average molecular weight is 364 g/mol. The van der Waals surface area contributed by atoms with Crippen molar-refractivity contribution in [1.29, 1.82) is 0 Å². The molecule has 1 fully saturated rings. The van der Waals surface area contributed by atoms with Crippen molar-refractivity contribution >= 4 is 28.5 Å². The molecule has 1 aliphatic carbocycles. The minimum absolute atomic E-state index is 0.379. The molecule has 0 amide bonds. The second-order valence-electron chi connectivity index (χ2n) is 7.07. The highest BCUT2D eigenvalue weighted by atomic mass is 32.2. The van der Waals surface area contributed by atoms with E-state index >= 15 is 0 Å². The molecular weight excluding hydrogens is 338 g/mol. The number of hydrogen-bond acceptors (Lipinski definition) is 3. The van der Waals surface area contributed by atoms with E-state index in [0.717, 1.165) is 5.69 Å². The van der Waals surface area contributed by atoms with Crippen molar-refractivity contribution in [3.63, 3.8) is 0 Å². The van der Waals surface area contributed by atoms with Crippen LogP contribution in [0.4, 0.5) is 5.69 Å². The molecule has 134 valence electrons. The Labute approximate surface area is 160 Å². The number of nitrogens with one attached hydrogen (secondary N) is 1. The van der Waals surface area contributed by atoms with Crippen LogP contribution in [0, 0.1) is 5.92 Å². The van der Waals surface area contributed by atoms with Gasteiger partial charge in [0.1, 0.15) is 0 Å². The highest BCUT2D eigenvalue weighted by Gasteiger charge is 2.26. The molecule has 1 aliphatic rings. The van der Waals surface area contributed by atoms with Gasteiger partial charge in [0, 0.05) is 12.0 Å². The summed E-state index contributed by atoms with van der Waals surface area (Å²) in [5.41, 5.74) is 5.50. The topological polar surface area (TPSA) is 21.3 Å². The summed E-state index contributed by atoms with van der Waals surface area (Å²) in [7, 11) is 0. The molecule has 1 N–H and O–H groups in total. The molecule has 4 rings (SSSR count). The fourth-order valence-corrected chi connectivity index (χ4v) is 4.81. The zero-order chi connectivity index (χ0) is 17.6. The summed E-state index contributed by atoms with van der Waals surface area (Å²) >= 11 is 1.57. The van der Waals surface area contributed by atoms with Crippen LogP contribution in [-0.2, 0) is 4.28 Å². The Kier molecular flexibility index (Phi) is 5.78. The van der Waals surface area contributed by atoms with E-state index in [4.69, 9.17) is 4.28 Å². The predicted octanol–water partition coefficient (Wildman–Crippen LogP) is 7.15. The van der Waals surface area contributed by atoms with E-state index in [2.05, 4.69) is 78.3 Å². The Morgan fingerprint density at radius 3 is 2.35 bits per heavy atom. The van der Waals surface area contributed by atoms with E-state index in [1.165, 1.54) is 48.4 Å². The van der Waals surface area contributed by atoms with E-state index in [1.54, 1.807) is 12.0 Å². The van der Waals surface area contributed by atoms with Gasteiger partial charge in [-0.05, 0) is 47.2 Å². The van der Waals surface area contributed by atoms with Gasteiger partial charge in [-0.15, -0.1) is 0 Å². The van der Waals surface area contributed by atoms with Gasteiger partial charge in [-0.3, -0.25) is 5.48 Å². The van der Waals surface area contributed by atoms with Crippen molar-refractivity contribution in [2.45, 2.75) is 37.4 Å². The van der Waals surface area contributed by atoms with Gasteiger partial charge in [0.2, 0.25) is 0 Å². The van der Waals surface area contributed by atoms with Gasteiger partial charge >= 0.3 is 0 Å². The third-order valence-corrected chi connectivity index (χ3v) is 6.31. The standard InChI is InChI=1S/C23H25NOS/c1-3-10-19(11-4-1)23(20-12-5-2-6-13-20)26-25-24-22-16-15-18-9-7-8-14-21(18)17-22/h1,3-4,7-11,14-17,20,23-24H,2,5-6,12-13H2. The van der Waals surface area contributed by atoms with Gasteiger partial charge < -0.3 is 0 Å². The molecule has 0 radical (unpaired) electrons. The highest BCUT2D eigenvalue weighted by Crippen LogP contribution is 2.43. The Balaban J connectivity index is 1.43. The maximum absolute atomic E-state index is 5.91. The summed E-state index contributed by atoms with van der Waals surface area (Å²) in [5, 5.41) is 2.84. The first-order valence-electron chi connectivity index (χ1n) is 9.52. The Morgan fingerprint density at radius 1 is 0.808 bits per heavy atom. The molecule has 3 heteroatoms. The minimum Gasteiger partial charge on any atom is -0.254 e. The molecule has 1 atom stereocenters. The molecule has 0 aromatic heterocycles. The monoisotopic (exact) mass is 363 g/mol. The first-order chi connectivity index (χ1) is 12.9. The number of hydrogen-bond donors (Lipinski definition) is 1. The molecule has 3 aromatic carbocycles. The zero-order valence-corrected chi connectivity index (χ0v) is 15.8. The van der Waals surface area contributed by atoms with Crippen LogP contribution in [0.3, 0.4) is 0 Å². The number of benzene rings is 3. The van der Waals surface area contributed by atoms with E-state index in [0.29, 0.717) is 11.2 Å². The third-order valence-electron chi connectivity index (χ3n) is 5.27. The van der Waals surface area contributed by atoms with Gasteiger partial charge in [-0.1, -0.05) is 79.9 Å². The van der Waals surface area contributed by atoms with Crippen LogP contribution in [-0.4, -0.2) is 0 Å². The molecule has 2 nitrogen and oxygen atoms in total. The molecular formula is C23H25NOS. The first-order valence-corrected chi connectivity index (χ1v) is 10.3. The summed E-state index contributed by atoms with van der Waals surface area (Å²) in [6, 6.07) is 25.5. The SMILES string of the molecule is c1ccc(C(SONc2ccc3ccccc3c2)C2CCCCC2)cc1. The second kappa shape index (κ2) is 8.61. The minimum atomic E-state index is 0.379. The summed E-state index contributed by atoms with van der Waals surface area (Å²) in [6.45, 7) is 0. The molecule has 3 aromatic rings.